The lowest BCUT2D eigenvalue weighted by molar-refractivity contribution is -0.113. The maximum absolute atomic E-state index is 12.3. The molecule has 4 rings (SSSR count). The lowest BCUT2D eigenvalue weighted by Gasteiger charge is -2.07. The highest BCUT2D eigenvalue weighted by molar-refractivity contribution is 7.99. The topological polar surface area (TPSA) is 81.4 Å². The van der Waals surface area contributed by atoms with Crippen molar-refractivity contribution >= 4 is 40.6 Å². The summed E-state index contributed by atoms with van der Waals surface area (Å²) >= 11 is 7.40. The van der Waals surface area contributed by atoms with Crippen LogP contribution in [-0.4, -0.2) is 38.1 Å². The molecule has 0 saturated heterocycles. The number of amides is 1. The molecule has 0 aliphatic carbocycles. The zero-order chi connectivity index (χ0) is 20.9. The van der Waals surface area contributed by atoms with Crippen LogP contribution in [0.3, 0.4) is 0 Å². The van der Waals surface area contributed by atoms with Gasteiger partial charge in [-0.1, -0.05) is 35.5 Å². The summed E-state index contributed by atoms with van der Waals surface area (Å²) < 4.78 is 7.15. The minimum atomic E-state index is -0.162. The Hall–Kier alpha value is -3.10. The van der Waals surface area contributed by atoms with E-state index in [1.165, 1.54) is 11.8 Å². The molecule has 30 heavy (non-hydrogen) atoms. The highest BCUT2D eigenvalue weighted by Crippen LogP contribution is 2.24. The number of halogens is 1. The standard InChI is InChI=1S/C21H18ClN5O2S/c1-2-29-15-9-7-14(8-10-15)21-25-24-18-11-12-20(26-27(18)21)30-13-19(28)23-17-6-4-3-5-16(17)22/h3-12H,2,13H2,1H3,(H,23,28). The third kappa shape index (κ3) is 4.55. The fraction of sp³-hybridized carbons (Fsp3) is 0.143. The van der Waals surface area contributed by atoms with Gasteiger partial charge in [0, 0.05) is 5.56 Å². The summed E-state index contributed by atoms with van der Waals surface area (Å²) in [5, 5.41) is 17.0. The molecule has 0 atom stereocenters. The lowest BCUT2D eigenvalue weighted by Crippen LogP contribution is -2.14. The molecule has 1 amide bonds. The summed E-state index contributed by atoms with van der Waals surface area (Å²) in [6.45, 7) is 2.55. The Morgan fingerprint density at radius 1 is 1.10 bits per heavy atom. The van der Waals surface area contributed by atoms with Gasteiger partial charge in [-0.2, -0.15) is 9.61 Å². The second-order valence-electron chi connectivity index (χ2n) is 6.24. The molecule has 0 aliphatic heterocycles. The molecule has 2 aromatic carbocycles. The molecule has 0 bridgehead atoms. The first-order valence-electron chi connectivity index (χ1n) is 9.27. The van der Waals surface area contributed by atoms with Gasteiger partial charge in [0.2, 0.25) is 5.91 Å². The predicted octanol–water partition coefficient (Wildman–Crippen LogP) is 4.57. The molecule has 0 saturated carbocycles. The highest BCUT2D eigenvalue weighted by atomic mass is 35.5. The van der Waals surface area contributed by atoms with Crippen molar-refractivity contribution < 1.29 is 9.53 Å². The number of fused-ring (bicyclic) bond motifs is 1. The average Bonchev–Trinajstić information content (AvgIpc) is 3.18. The summed E-state index contributed by atoms with van der Waals surface area (Å²) in [5.74, 6) is 1.45. The number of aromatic nitrogens is 4. The van der Waals surface area contributed by atoms with E-state index in [0.717, 1.165) is 11.3 Å². The third-order valence-electron chi connectivity index (χ3n) is 4.16. The second kappa shape index (κ2) is 9.15. The minimum absolute atomic E-state index is 0.162. The van der Waals surface area contributed by atoms with Crippen molar-refractivity contribution in [1.82, 2.24) is 19.8 Å². The number of benzene rings is 2. The number of nitrogens with one attached hydrogen (secondary N) is 1. The Labute approximate surface area is 182 Å². The first kappa shape index (κ1) is 20.2. The van der Waals surface area contributed by atoms with Crippen molar-refractivity contribution in [2.45, 2.75) is 11.9 Å². The number of para-hydroxylation sites is 1. The third-order valence-corrected chi connectivity index (χ3v) is 5.41. The van der Waals surface area contributed by atoms with E-state index >= 15 is 0 Å². The van der Waals surface area contributed by atoms with Crippen molar-refractivity contribution in [3.63, 3.8) is 0 Å². The smallest absolute Gasteiger partial charge is 0.234 e. The van der Waals surface area contributed by atoms with Gasteiger partial charge in [0.1, 0.15) is 10.8 Å². The molecule has 2 aromatic heterocycles. The van der Waals surface area contributed by atoms with E-state index in [1.807, 2.05) is 55.5 Å². The van der Waals surface area contributed by atoms with Crippen LogP contribution in [0.4, 0.5) is 5.69 Å². The molecular formula is C21H18ClN5O2S. The molecular weight excluding hydrogens is 422 g/mol. The number of thioether (sulfide) groups is 1. The van der Waals surface area contributed by atoms with E-state index in [-0.39, 0.29) is 11.7 Å². The van der Waals surface area contributed by atoms with Crippen LogP contribution in [0.25, 0.3) is 17.0 Å². The van der Waals surface area contributed by atoms with Gasteiger partial charge in [-0.25, -0.2) is 0 Å². The summed E-state index contributed by atoms with van der Waals surface area (Å²) in [6, 6.07) is 18.4. The molecule has 0 fully saturated rings. The van der Waals surface area contributed by atoms with Crippen LogP contribution in [0.15, 0.2) is 65.7 Å². The van der Waals surface area contributed by atoms with Crippen LogP contribution in [-0.2, 0) is 4.79 Å². The Morgan fingerprint density at radius 2 is 1.90 bits per heavy atom. The Morgan fingerprint density at radius 3 is 2.67 bits per heavy atom. The van der Waals surface area contributed by atoms with Crippen LogP contribution in [0.1, 0.15) is 6.92 Å². The van der Waals surface area contributed by atoms with Gasteiger partial charge in [-0.15, -0.1) is 10.2 Å². The first-order chi connectivity index (χ1) is 14.6. The van der Waals surface area contributed by atoms with Crippen LogP contribution in [0.2, 0.25) is 5.02 Å². The molecule has 0 aliphatic rings. The van der Waals surface area contributed by atoms with Gasteiger partial charge < -0.3 is 10.1 Å². The van der Waals surface area contributed by atoms with Gasteiger partial charge in [0.25, 0.3) is 0 Å². The van der Waals surface area contributed by atoms with Crippen molar-refractivity contribution in [2.75, 3.05) is 17.7 Å². The number of anilines is 1. The van der Waals surface area contributed by atoms with Crippen LogP contribution >= 0.6 is 23.4 Å². The largest absolute Gasteiger partial charge is 0.494 e. The summed E-state index contributed by atoms with van der Waals surface area (Å²) in [5.41, 5.74) is 2.09. The van der Waals surface area contributed by atoms with E-state index in [4.69, 9.17) is 16.3 Å². The fourth-order valence-corrected chi connectivity index (χ4v) is 3.62. The molecule has 2 heterocycles. The van der Waals surface area contributed by atoms with Gasteiger partial charge >= 0.3 is 0 Å². The zero-order valence-electron chi connectivity index (χ0n) is 16.1. The molecule has 152 valence electrons. The maximum atomic E-state index is 12.3. The van der Waals surface area contributed by atoms with Gasteiger partial charge in [-0.05, 0) is 55.5 Å². The monoisotopic (exact) mass is 439 g/mol. The van der Waals surface area contributed by atoms with E-state index in [1.54, 1.807) is 16.6 Å². The second-order valence-corrected chi connectivity index (χ2v) is 7.64. The molecule has 7 nitrogen and oxygen atoms in total. The molecule has 0 spiro atoms. The quantitative estimate of drug-likeness (QED) is 0.425. The Kier molecular flexibility index (Phi) is 6.15. The molecule has 9 heteroatoms. The fourth-order valence-electron chi connectivity index (χ4n) is 2.78. The van der Waals surface area contributed by atoms with Crippen molar-refractivity contribution in [2.24, 2.45) is 0 Å². The Bertz CT molecular complexity index is 1180. The van der Waals surface area contributed by atoms with Gasteiger partial charge in [0.05, 0.1) is 23.1 Å². The van der Waals surface area contributed by atoms with E-state index in [2.05, 4.69) is 20.6 Å². The number of hydrogen-bond acceptors (Lipinski definition) is 6. The molecule has 0 radical (unpaired) electrons. The lowest BCUT2D eigenvalue weighted by atomic mass is 10.2. The van der Waals surface area contributed by atoms with E-state index < -0.39 is 0 Å². The number of carbonyl (C=O) groups is 1. The van der Waals surface area contributed by atoms with Crippen LogP contribution in [0.5, 0.6) is 5.75 Å². The number of ether oxygens (including phenoxy) is 1. The summed E-state index contributed by atoms with van der Waals surface area (Å²) in [6.07, 6.45) is 0. The number of rotatable bonds is 7. The minimum Gasteiger partial charge on any atom is -0.494 e. The zero-order valence-corrected chi connectivity index (χ0v) is 17.7. The van der Waals surface area contributed by atoms with Crippen molar-refractivity contribution in [3.8, 4) is 17.1 Å². The van der Waals surface area contributed by atoms with E-state index in [9.17, 15) is 4.79 Å². The van der Waals surface area contributed by atoms with Gasteiger partial charge in [-0.3, -0.25) is 4.79 Å². The molecule has 0 unspecified atom stereocenters. The molecule has 4 aromatic rings. The number of nitrogens with zero attached hydrogens (tertiary/aromatic N) is 4. The van der Waals surface area contributed by atoms with Crippen molar-refractivity contribution in [3.05, 3.63) is 65.7 Å². The van der Waals surface area contributed by atoms with Crippen LogP contribution < -0.4 is 10.1 Å². The average molecular weight is 440 g/mol. The van der Waals surface area contributed by atoms with Crippen molar-refractivity contribution in [1.29, 1.82) is 0 Å². The number of carbonyl (C=O) groups excluding carboxylic acids is 1. The molecule has 1 N–H and O–H groups in total. The maximum Gasteiger partial charge on any atom is 0.234 e. The van der Waals surface area contributed by atoms with Crippen LogP contribution in [0, 0.1) is 0 Å². The van der Waals surface area contributed by atoms with E-state index in [0.29, 0.717) is 33.8 Å². The SMILES string of the molecule is CCOc1ccc(-c2nnc3ccc(SCC(=O)Nc4ccccc4Cl)nn23)cc1. The first-order valence-corrected chi connectivity index (χ1v) is 10.6. The number of hydrogen-bond donors (Lipinski definition) is 1. The normalized spacial score (nSPS) is 10.9. The Balaban J connectivity index is 1.48. The van der Waals surface area contributed by atoms with Gasteiger partial charge in [0.15, 0.2) is 11.5 Å². The highest BCUT2D eigenvalue weighted by Gasteiger charge is 2.12. The predicted molar refractivity (Wildman–Crippen MR) is 118 cm³/mol. The summed E-state index contributed by atoms with van der Waals surface area (Å²) in [4.78, 5) is 12.3. The summed E-state index contributed by atoms with van der Waals surface area (Å²) in [7, 11) is 0.